The van der Waals surface area contributed by atoms with Crippen LogP contribution in [0.5, 0.6) is 0 Å². The summed E-state index contributed by atoms with van der Waals surface area (Å²) < 4.78 is 0. The van der Waals surface area contributed by atoms with Crippen LogP contribution in [0, 0.1) is 5.41 Å². The van der Waals surface area contributed by atoms with Crippen molar-refractivity contribution in [2.45, 2.75) is 44.4 Å². The fourth-order valence-corrected chi connectivity index (χ4v) is 4.29. The SMILES string of the molecule is Clc1ccccc1C1CNCCC12CCCCC2. The average molecular weight is 264 g/mol. The molecular weight excluding hydrogens is 242 g/mol. The van der Waals surface area contributed by atoms with Gasteiger partial charge in [0.2, 0.25) is 0 Å². The number of piperidine rings is 1. The van der Waals surface area contributed by atoms with Crippen LogP contribution >= 0.6 is 11.6 Å². The van der Waals surface area contributed by atoms with Crippen LogP contribution in [0.1, 0.15) is 50.0 Å². The third-order valence-corrected chi connectivity index (χ3v) is 5.36. The van der Waals surface area contributed by atoms with E-state index >= 15 is 0 Å². The molecule has 0 bridgehead atoms. The molecule has 1 atom stereocenters. The summed E-state index contributed by atoms with van der Waals surface area (Å²) in [5.74, 6) is 0.611. The smallest absolute Gasteiger partial charge is 0.0441 e. The molecule has 1 aliphatic carbocycles. The molecule has 1 saturated heterocycles. The van der Waals surface area contributed by atoms with Gasteiger partial charge >= 0.3 is 0 Å². The van der Waals surface area contributed by atoms with Crippen molar-refractivity contribution in [3.63, 3.8) is 0 Å². The Morgan fingerprint density at radius 3 is 2.61 bits per heavy atom. The Bertz CT molecular complexity index is 401. The zero-order chi connectivity index (χ0) is 12.4. The molecule has 2 aliphatic rings. The molecule has 1 aliphatic heterocycles. The van der Waals surface area contributed by atoms with E-state index in [1.807, 2.05) is 12.1 Å². The number of nitrogens with one attached hydrogen (secondary N) is 1. The monoisotopic (exact) mass is 263 g/mol. The highest BCUT2D eigenvalue weighted by molar-refractivity contribution is 6.31. The summed E-state index contributed by atoms with van der Waals surface area (Å²) in [5.41, 5.74) is 1.89. The predicted octanol–water partition coefficient (Wildman–Crippen LogP) is 4.37. The summed E-state index contributed by atoms with van der Waals surface area (Å²) in [6.45, 7) is 2.28. The maximum atomic E-state index is 6.43. The Kier molecular flexibility index (Phi) is 3.63. The summed E-state index contributed by atoms with van der Waals surface area (Å²) in [7, 11) is 0. The zero-order valence-corrected chi connectivity index (χ0v) is 11.7. The third-order valence-electron chi connectivity index (χ3n) is 5.02. The van der Waals surface area contributed by atoms with Gasteiger partial charge in [0.05, 0.1) is 0 Å². The van der Waals surface area contributed by atoms with Gasteiger partial charge in [-0.15, -0.1) is 0 Å². The van der Waals surface area contributed by atoms with Crippen molar-refractivity contribution in [3.8, 4) is 0 Å². The molecule has 1 aromatic carbocycles. The lowest BCUT2D eigenvalue weighted by atomic mass is 9.60. The van der Waals surface area contributed by atoms with Gasteiger partial charge in [0.1, 0.15) is 0 Å². The molecule has 1 aromatic rings. The molecule has 1 N–H and O–H groups in total. The van der Waals surface area contributed by atoms with Crippen LogP contribution in [0.2, 0.25) is 5.02 Å². The first kappa shape index (κ1) is 12.5. The molecule has 0 amide bonds. The number of benzene rings is 1. The van der Waals surface area contributed by atoms with E-state index in [1.54, 1.807) is 0 Å². The number of halogens is 1. The second kappa shape index (κ2) is 5.22. The molecule has 1 unspecified atom stereocenters. The molecule has 2 fully saturated rings. The van der Waals surface area contributed by atoms with Crippen LogP contribution in [0.25, 0.3) is 0 Å². The van der Waals surface area contributed by atoms with Crippen molar-refractivity contribution in [1.82, 2.24) is 5.32 Å². The summed E-state index contributed by atoms with van der Waals surface area (Å²) in [4.78, 5) is 0. The Balaban J connectivity index is 1.94. The molecule has 18 heavy (non-hydrogen) atoms. The Labute approximate surface area is 115 Å². The Hall–Kier alpha value is -0.530. The fraction of sp³-hybridized carbons (Fsp3) is 0.625. The molecule has 0 radical (unpaired) electrons. The highest BCUT2D eigenvalue weighted by Gasteiger charge is 2.42. The van der Waals surface area contributed by atoms with Gasteiger partial charge in [0.15, 0.2) is 0 Å². The highest BCUT2D eigenvalue weighted by Crippen LogP contribution is 2.51. The van der Waals surface area contributed by atoms with E-state index < -0.39 is 0 Å². The zero-order valence-electron chi connectivity index (χ0n) is 10.9. The molecular formula is C16H22ClN. The van der Waals surface area contributed by atoms with Gasteiger partial charge in [-0.1, -0.05) is 49.1 Å². The quantitative estimate of drug-likeness (QED) is 0.794. The van der Waals surface area contributed by atoms with Gasteiger partial charge in [-0.05, 0) is 42.9 Å². The van der Waals surface area contributed by atoms with Crippen LogP contribution in [-0.2, 0) is 0 Å². The molecule has 1 saturated carbocycles. The standard InChI is InChI=1S/C16H22ClN/c17-15-7-3-2-6-13(15)14-12-18-11-10-16(14)8-4-1-5-9-16/h2-3,6-7,14,18H,1,4-5,8-12H2. The summed E-state index contributed by atoms with van der Waals surface area (Å²) in [6.07, 6.45) is 8.34. The molecule has 1 heterocycles. The summed E-state index contributed by atoms with van der Waals surface area (Å²) in [5, 5.41) is 4.53. The lowest BCUT2D eigenvalue weighted by molar-refractivity contribution is 0.103. The average Bonchev–Trinajstić information content (AvgIpc) is 2.41. The van der Waals surface area contributed by atoms with E-state index in [2.05, 4.69) is 17.4 Å². The first-order valence-electron chi connectivity index (χ1n) is 7.27. The van der Waals surface area contributed by atoms with E-state index in [0.29, 0.717) is 11.3 Å². The fourth-order valence-electron chi connectivity index (χ4n) is 4.03. The summed E-state index contributed by atoms with van der Waals surface area (Å²) >= 11 is 6.43. The van der Waals surface area contributed by atoms with Crippen molar-refractivity contribution >= 4 is 11.6 Å². The van der Waals surface area contributed by atoms with E-state index in [9.17, 15) is 0 Å². The first-order valence-corrected chi connectivity index (χ1v) is 7.65. The van der Waals surface area contributed by atoms with E-state index in [-0.39, 0.29) is 0 Å². The number of hydrogen-bond donors (Lipinski definition) is 1. The van der Waals surface area contributed by atoms with Crippen LogP contribution in [0.15, 0.2) is 24.3 Å². The minimum absolute atomic E-state index is 0.522. The molecule has 0 aromatic heterocycles. The lowest BCUT2D eigenvalue weighted by Gasteiger charge is -2.47. The van der Waals surface area contributed by atoms with E-state index in [4.69, 9.17) is 11.6 Å². The van der Waals surface area contributed by atoms with Crippen LogP contribution < -0.4 is 5.32 Å². The first-order chi connectivity index (χ1) is 8.82. The van der Waals surface area contributed by atoms with Crippen molar-refractivity contribution in [3.05, 3.63) is 34.9 Å². The van der Waals surface area contributed by atoms with Gasteiger partial charge < -0.3 is 5.32 Å². The van der Waals surface area contributed by atoms with Crippen molar-refractivity contribution < 1.29 is 0 Å². The van der Waals surface area contributed by atoms with Crippen molar-refractivity contribution in [1.29, 1.82) is 0 Å². The molecule has 3 rings (SSSR count). The van der Waals surface area contributed by atoms with Gasteiger partial charge in [0.25, 0.3) is 0 Å². The van der Waals surface area contributed by atoms with Gasteiger partial charge in [0, 0.05) is 17.5 Å². The Morgan fingerprint density at radius 2 is 1.83 bits per heavy atom. The van der Waals surface area contributed by atoms with Gasteiger partial charge in [-0.3, -0.25) is 0 Å². The summed E-state index contributed by atoms with van der Waals surface area (Å²) in [6, 6.07) is 8.44. The minimum Gasteiger partial charge on any atom is -0.316 e. The Morgan fingerprint density at radius 1 is 1.06 bits per heavy atom. The molecule has 98 valence electrons. The maximum absolute atomic E-state index is 6.43. The lowest BCUT2D eigenvalue weighted by Crippen LogP contribution is -2.44. The normalized spacial score (nSPS) is 27.3. The largest absolute Gasteiger partial charge is 0.316 e. The predicted molar refractivity (Wildman–Crippen MR) is 77.2 cm³/mol. The van der Waals surface area contributed by atoms with Crippen LogP contribution in [0.4, 0.5) is 0 Å². The van der Waals surface area contributed by atoms with E-state index in [0.717, 1.165) is 11.6 Å². The second-order valence-corrected chi connectivity index (χ2v) is 6.36. The van der Waals surface area contributed by atoms with Gasteiger partial charge in [-0.25, -0.2) is 0 Å². The topological polar surface area (TPSA) is 12.0 Å². The molecule has 2 heteroatoms. The van der Waals surface area contributed by atoms with E-state index in [1.165, 1.54) is 50.6 Å². The third kappa shape index (κ3) is 2.19. The van der Waals surface area contributed by atoms with Crippen LogP contribution in [-0.4, -0.2) is 13.1 Å². The number of rotatable bonds is 1. The molecule has 1 nitrogen and oxygen atoms in total. The van der Waals surface area contributed by atoms with Crippen molar-refractivity contribution in [2.75, 3.05) is 13.1 Å². The number of hydrogen-bond acceptors (Lipinski definition) is 1. The van der Waals surface area contributed by atoms with Crippen LogP contribution in [0.3, 0.4) is 0 Å². The molecule has 1 spiro atoms. The minimum atomic E-state index is 0.522. The van der Waals surface area contributed by atoms with Crippen molar-refractivity contribution in [2.24, 2.45) is 5.41 Å². The highest BCUT2D eigenvalue weighted by atomic mass is 35.5. The van der Waals surface area contributed by atoms with Gasteiger partial charge in [-0.2, -0.15) is 0 Å². The second-order valence-electron chi connectivity index (χ2n) is 5.95. The maximum Gasteiger partial charge on any atom is 0.0441 e.